The Hall–Kier alpha value is -2.72. The highest BCUT2D eigenvalue weighted by Crippen LogP contribution is 2.35. The Balaban J connectivity index is 1.94. The highest BCUT2D eigenvalue weighted by Gasteiger charge is 2.29. The molecule has 1 aliphatic heterocycles. The molecule has 1 aliphatic rings. The van der Waals surface area contributed by atoms with Gasteiger partial charge in [-0.1, -0.05) is 11.6 Å². The number of aromatic nitrogens is 2. The topological polar surface area (TPSA) is 99.6 Å². The average Bonchev–Trinajstić information content (AvgIpc) is 2.72. The average molecular weight is 428 g/mol. The van der Waals surface area contributed by atoms with Crippen LogP contribution in [0.15, 0.2) is 12.3 Å². The molecule has 3 N–H and O–H groups in total. The Morgan fingerprint density at radius 3 is 2.69 bits per heavy atom. The minimum Gasteiger partial charge on any atom is -0.491 e. The van der Waals surface area contributed by atoms with Crippen LogP contribution in [0.2, 0.25) is 5.02 Å². The third-order valence-electron chi connectivity index (χ3n) is 4.58. The van der Waals surface area contributed by atoms with Gasteiger partial charge in [-0.3, -0.25) is 4.79 Å². The van der Waals surface area contributed by atoms with Crippen molar-refractivity contribution in [3.8, 4) is 5.75 Å². The van der Waals surface area contributed by atoms with Crippen molar-refractivity contribution < 1.29 is 23.4 Å². The van der Waals surface area contributed by atoms with E-state index in [9.17, 15) is 14.3 Å². The number of hydrogen-bond donors (Lipinski definition) is 3. The summed E-state index contributed by atoms with van der Waals surface area (Å²) in [5.41, 5.74) is -0.797. The molecule has 156 valence electrons. The number of benzene rings is 1. The molecular weight excluding hydrogens is 408 g/mol. The second-order valence-electron chi connectivity index (χ2n) is 6.42. The maximum atomic E-state index is 15.0. The van der Waals surface area contributed by atoms with Crippen LogP contribution >= 0.6 is 11.6 Å². The molecule has 1 saturated heterocycles. The number of piperidine rings is 1. The van der Waals surface area contributed by atoms with Crippen LogP contribution in [-0.4, -0.2) is 59.2 Å². The molecule has 1 aromatic heterocycles. The lowest BCUT2D eigenvalue weighted by molar-refractivity contribution is 0.0541. The molecule has 11 heteroatoms. The molecule has 0 unspecified atom stereocenters. The highest BCUT2D eigenvalue weighted by atomic mass is 35.5. The zero-order valence-corrected chi connectivity index (χ0v) is 16.6. The van der Waals surface area contributed by atoms with Crippen LogP contribution < -0.4 is 15.4 Å². The number of carbonyl (C=O) groups excluding carboxylic acids is 1. The number of methoxy groups -OCH3 is 1. The van der Waals surface area contributed by atoms with E-state index in [1.807, 2.05) is 0 Å². The molecule has 0 aliphatic carbocycles. The van der Waals surface area contributed by atoms with Gasteiger partial charge in [0.15, 0.2) is 17.4 Å². The van der Waals surface area contributed by atoms with E-state index in [4.69, 9.17) is 16.3 Å². The molecule has 29 heavy (non-hydrogen) atoms. The SMILES string of the molecule is CNc1nc(Nc2c(F)cc(C(=O)N3CCC(O)CC3)c(F)c2OC)ncc1Cl. The number of ether oxygens (including phenoxy) is 1. The molecule has 0 atom stereocenters. The monoisotopic (exact) mass is 427 g/mol. The number of nitrogens with one attached hydrogen (secondary N) is 2. The number of hydrogen-bond acceptors (Lipinski definition) is 7. The summed E-state index contributed by atoms with van der Waals surface area (Å²) in [5, 5.41) is 15.1. The van der Waals surface area contributed by atoms with Crippen molar-refractivity contribution in [1.82, 2.24) is 14.9 Å². The number of aliphatic hydroxyl groups excluding tert-OH is 1. The van der Waals surface area contributed by atoms with E-state index >= 15 is 4.39 Å². The fourth-order valence-electron chi connectivity index (χ4n) is 3.02. The van der Waals surface area contributed by atoms with Gasteiger partial charge < -0.3 is 25.4 Å². The van der Waals surface area contributed by atoms with E-state index in [0.717, 1.165) is 13.2 Å². The molecule has 3 rings (SSSR count). The summed E-state index contributed by atoms with van der Waals surface area (Å²) in [4.78, 5) is 22.0. The van der Waals surface area contributed by atoms with Gasteiger partial charge in [-0.25, -0.2) is 13.8 Å². The summed E-state index contributed by atoms with van der Waals surface area (Å²) in [5.74, 6) is -2.81. The van der Waals surface area contributed by atoms with Crippen molar-refractivity contribution >= 4 is 35.0 Å². The van der Waals surface area contributed by atoms with Gasteiger partial charge in [0.1, 0.15) is 16.5 Å². The molecule has 1 amide bonds. The van der Waals surface area contributed by atoms with Gasteiger partial charge >= 0.3 is 0 Å². The first-order valence-corrected chi connectivity index (χ1v) is 9.24. The van der Waals surface area contributed by atoms with Crippen molar-refractivity contribution in [2.45, 2.75) is 18.9 Å². The first-order valence-electron chi connectivity index (χ1n) is 8.86. The maximum Gasteiger partial charge on any atom is 0.257 e. The molecule has 0 radical (unpaired) electrons. The summed E-state index contributed by atoms with van der Waals surface area (Å²) in [6.45, 7) is 0.517. The summed E-state index contributed by atoms with van der Waals surface area (Å²) in [6, 6.07) is 0.808. The lowest BCUT2D eigenvalue weighted by Crippen LogP contribution is -2.40. The van der Waals surface area contributed by atoms with Gasteiger partial charge in [0, 0.05) is 20.1 Å². The Labute approximate surface area is 170 Å². The van der Waals surface area contributed by atoms with Gasteiger partial charge in [-0.15, -0.1) is 0 Å². The first-order chi connectivity index (χ1) is 13.8. The number of halogens is 3. The minimum absolute atomic E-state index is 0.0422. The van der Waals surface area contributed by atoms with Crippen molar-refractivity contribution in [1.29, 1.82) is 0 Å². The van der Waals surface area contributed by atoms with Gasteiger partial charge in [0.05, 0.1) is 25.0 Å². The summed E-state index contributed by atoms with van der Waals surface area (Å²) in [7, 11) is 2.76. The van der Waals surface area contributed by atoms with Crippen LogP contribution in [0.25, 0.3) is 0 Å². The van der Waals surface area contributed by atoms with Crippen LogP contribution in [0.1, 0.15) is 23.2 Å². The number of aliphatic hydroxyl groups is 1. The fraction of sp³-hybridized carbons (Fsp3) is 0.389. The molecule has 2 aromatic rings. The Bertz CT molecular complexity index is 923. The van der Waals surface area contributed by atoms with Gasteiger partial charge in [0.2, 0.25) is 5.95 Å². The standard InChI is InChI=1S/C18H20ClF2N5O3/c1-22-16-11(19)8-23-18(25-16)24-14-12(20)7-10(13(21)15(14)29-2)17(28)26-5-3-9(27)4-6-26/h7-9,27H,3-6H2,1-2H3,(H2,22,23,24,25). The van der Waals surface area contributed by atoms with E-state index in [0.29, 0.717) is 18.7 Å². The molecule has 8 nitrogen and oxygen atoms in total. The van der Waals surface area contributed by atoms with Crippen LogP contribution in [0.3, 0.4) is 0 Å². The summed E-state index contributed by atoms with van der Waals surface area (Å²) in [6.07, 6.45) is 1.57. The van der Waals surface area contributed by atoms with E-state index in [1.165, 1.54) is 11.1 Å². The summed E-state index contributed by atoms with van der Waals surface area (Å²) < 4.78 is 34.8. The second kappa shape index (κ2) is 8.75. The van der Waals surface area contributed by atoms with E-state index in [-0.39, 0.29) is 29.7 Å². The van der Waals surface area contributed by atoms with E-state index < -0.39 is 35.0 Å². The number of rotatable bonds is 5. The summed E-state index contributed by atoms with van der Waals surface area (Å²) >= 11 is 5.92. The quantitative estimate of drug-likeness (QED) is 0.674. The maximum absolute atomic E-state index is 15.0. The van der Waals surface area contributed by atoms with E-state index in [1.54, 1.807) is 7.05 Å². The van der Waals surface area contributed by atoms with Gasteiger partial charge in [0.25, 0.3) is 5.91 Å². The third kappa shape index (κ3) is 4.33. The van der Waals surface area contributed by atoms with Crippen LogP contribution in [0.5, 0.6) is 5.75 Å². The minimum atomic E-state index is -1.00. The van der Waals surface area contributed by atoms with Crippen LogP contribution in [0.4, 0.5) is 26.2 Å². The smallest absolute Gasteiger partial charge is 0.257 e. The molecular formula is C18H20ClF2N5O3. The number of amides is 1. The second-order valence-corrected chi connectivity index (χ2v) is 6.82. The first kappa shape index (κ1) is 21.0. The van der Waals surface area contributed by atoms with Crippen LogP contribution in [-0.2, 0) is 0 Å². The van der Waals surface area contributed by atoms with Crippen molar-refractivity contribution in [3.63, 3.8) is 0 Å². The predicted octanol–water partition coefficient (Wildman–Crippen LogP) is 2.80. The number of carbonyl (C=O) groups is 1. The molecule has 0 spiro atoms. The lowest BCUT2D eigenvalue weighted by Gasteiger charge is -2.30. The molecule has 2 heterocycles. The Morgan fingerprint density at radius 1 is 1.38 bits per heavy atom. The third-order valence-corrected chi connectivity index (χ3v) is 4.85. The van der Waals surface area contributed by atoms with Crippen molar-refractivity contribution in [2.75, 3.05) is 37.9 Å². The predicted molar refractivity (Wildman–Crippen MR) is 104 cm³/mol. The normalized spacial score (nSPS) is 14.6. The lowest BCUT2D eigenvalue weighted by atomic mass is 10.1. The van der Waals surface area contributed by atoms with E-state index in [2.05, 4.69) is 20.6 Å². The fourth-order valence-corrected chi connectivity index (χ4v) is 3.21. The Kier molecular flexibility index (Phi) is 6.33. The van der Waals surface area contributed by atoms with Gasteiger partial charge in [-0.2, -0.15) is 4.98 Å². The van der Waals surface area contributed by atoms with Crippen molar-refractivity contribution in [3.05, 3.63) is 34.5 Å². The molecule has 0 saturated carbocycles. The van der Waals surface area contributed by atoms with Gasteiger partial charge in [-0.05, 0) is 18.9 Å². The Morgan fingerprint density at radius 2 is 2.07 bits per heavy atom. The zero-order valence-electron chi connectivity index (χ0n) is 15.8. The molecule has 0 bridgehead atoms. The molecule has 1 fully saturated rings. The number of likely N-dealkylation sites (tertiary alicyclic amines) is 1. The largest absolute Gasteiger partial charge is 0.491 e. The van der Waals surface area contributed by atoms with Crippen molar-refractivity contribution in [2.24, 2.45) is 0 Å². The highest BCUT2D eigenvalue weighted by molar-refractivity contribution is 6.32. The van der Waals surface area contributed by atoms with Crippen LogP contribution in [0, 0.1) is 11.6 Å². The molecule has 1 aromatic carbocycles. The zero-order chi connectivity index (χ0) is 21.1. The number of anilines is 3. The number of nitrogens with zero attached hydrogens (tertiary/aromatic N) is 3.